The van der Waals surface area contributed by atoms with Gasteiger partial charge >= 0.3 is 0 Å². The smallest absolute Gasteiger partial charge is 0.231 e. The number of hydrogen-bond acceptors (Lipinski definition) is 6. The third-order valence-electron chi connectivity index (χ3n) is 3.40. The lowest BCUT2D eigenvalue weighted by Crippen LogP contribution is -2.21. The van der Waals surface area contributed by atoms with Crippen LogP contribution >= 0.6 is 23.5 Å². The van der Waals surface area contributed by atoms with E-state index in [0.717, 1.165) is 30.4 Å². The summed E-state index contributed by atoms with van der Waals surface area (Å²) in [6.45, 7) is 3.24. The molecule has 0 saturated carbocycles. The van der Waals surface area contributed by atoms with Gasteiger partial charge in [-0.15, -0.1) is 11.8 Å². The molecule has 2 aliphatic rings. The second-order valence-electron chi connectivity index (χ2n) is 4.56. The van der Waals surface area contributed by atoms with Crippen LogP contribution in [0.5, 0.6) is 0 Å². The maximum Gasteiger partial charge on any atom is 0.231 e. The lowest BCUT2D eigenvalue weighted by atomic mass is 10.0. The number of nitrogens with zero attached hydrogens (tertiary/aromatic N) is 2. The van der Waals surface area contributed by atoms with Crippen molar-refractivity contribution in [3.05, 3.63) is 11.7 Å². The minimum absolute atomic E-state index is 0.400. The molecule has 0 bridgehead atoms. The highest BCUT2D eigenvalue weighted by Gasteiger charge is 2.31. The van der Waals surface area contributed by atoms with Crippen LogP contribution in [0.15, 0.2) is 4.52 Å². The Hall–Kier alpha value is -0.200. The number of hydrogen-bond donors (Lipinski definition) is 1. The average molecular weight is 271 g/mol. The lowest BCUT2D eigenvalue weighted by molar-refractivity contribution is 0.341. The highest BCUT2D eigenvalue weighted by Crippen LogP contribution is 2.36. The average Bonchev–Trinajstić information content (AvgIpc) is 2.98. The van der Waals surface area contributed by atoms with Gasteiger partial charge in [-0.3, -0.25) is 0 Å². The van der Waals surface area contributed by atoms with Crippen molar-refractivity contribution in [1.82, 2.24) is 15.5 Å². The Bertz CT molecular complexity index is 379. The van der Waals surface area contributed by atoms with E-state index in [4.69, 9.17) is 4.52 Å². The molecular weight excluding hydrogens is 254 g/mol. The lowest BCUT2D eigenvalue weighted by Gasteiger charge is -2.17. The first-order valence-electron chi connectivity index (χ1n) is 6.11. The van der Waals surface area contributed by atoms with E-state index in [1.54, 1.807) is 0 Å². The molecule has 0 radical (unpaired) electrons. The molecule has 0 amide bonds. The quantitative estimate of drug-likeness (QED) is 0.888. The second kappa shape index (κ2) is 5.20. The van der Waals surface area contributed by atoms with E-state index in [9.17, 15) is 0 Å². The van der Waals surface area contributed by atoms with Gasteiger partial charge < -0.3 is 9.84 Å². The summed E-state index contributed by atoms with van der Waals surface area (Å²) < 4.78 is 5.45. The molecule has 2 saturated heterocycles. The minimum atomic E-state index is 0.400. The topological polar surface area (TPSA) is 51.0 Å². The predicted molar refractivity (Wildman–Crippen MR) is 71.6 cm³/mol. The summed E-state index contributed by atoms with van der Waals surface area (Å²) >= 11 is 3.94. The fourth-order valence-corrected chi connectivity index (χ4v) is 4.95. The molecule has 3 unspecified atom stereocenters. The Labute approximate surface area is 110 Å². The summed E-state index contributed by atoms with van der Waals surface area (Å²) in [6, 6.07) is 0.455. The zero-order valence-corrected chi connectivity index (χ0v) is 11.5. The van der Waals surface area contributed by atoms with E-state index in [0.29, 0.717) is 17.2 Å². The first-order chi connectivity index (χ1) is 8.34. The van der Waals surface area contributed by atoms with E-state index >= 15 is 0 Å². The van der Waals surface area contributed by atoms with E-state index < -0.39 is 0 Å². The van der Waals surface area contributed by atoms with Crippen LogP contribution in [-0.4, -0.2) is 40.0 Å². The number of aromatic nitrogens is 2. The fraction of sp³-hybridized carbons (Fsp3) is 0.818. The molecule has 0 aliphatic carbocycles. The Morgan fingerprint density at radius 1 is 1.41 bits per heavy atom. The molecule has 1 aromatic heterocycles. The molecule has 3 heterocycles. The van der Waals surface area contributed by atoms with Gasteiger partial charge in [-0.2, -0.15) is 16.7 Å². The maximum atomic E-state index is 5.45. The molecule has 3 rings (SSSR count). The van der Waals surface area contributed by atoms with Gasteiger partial charge in [0.05, 0.1) is 11.2 Å². The highest BCUT2D eigenvalue weighted by atomic mass is 32.2. The summed E-state index contributed by atoms with van der Waals surface area (Å²) in [5.74, 6) is 5.68. The first kappa shape index (κ1) is 11.9. The molecule has 94 valence electrons. The Balaban J connectivity index is 1.73. The number of rotatable bonds is 2. The summed E-state index contributed by atoms with van der Waals surface area (Å²) in [4.78, 5) is 4.61. The SMILES string of the molecule is CC1NCCC1c1nc(C2CSCCS2)no1. The molecule has 2 aliphatic heterocycles. The van der Waals surface area contributed by atoms with Gasteiger partial charge in [-0.1, -0.05) is 5.16 Å². The largest absolute Gasteiger partial charge is 0.339 e. The Kier molecular flexibility index (Phi) is 3.63. The zero-order valence-electron chi connectivity index (χ0n) is 9.89. The van der Waals surface area contributed by atoms with Crippen molar-refractivity contribution < 1.29 is 4.52 Å². The van der Waals surface area contributed by atoms with Crippen molar-refractivity contribution in [3.8, 4) is 0 Å². The molecule has 0 aromatic carbocycles. The molecular formula is C11H17N3OS2. The number of thioether (sulfide) groups is 2. The third kappa shape index (κ3) is 2.48. The van der Waals surface area contributed by atoms with Crippen molar-refractivity contribution in [2.75, 3.05) is 23.8 Å². The summed E-state index contributed by atoms with van der Waals surface area (Å²) in [6.07, 6.45) is 1.11. The number of nitrogens with one attached hydrogen (secondary N) is 1. The fourth-order valence-electron chi connectivity index (χ4n) is 2.36. The van der Waals surface area contributed by atoms with Crippen molar-refractivity contribution in [3.63, 3.8) is 0 Å². The second-order valence-corrected chi connectivity index (χ2v) is 7.02. The van der Waals surface area contributed by atoms with Gasteiger partial charge in [-0.05, 0) is 19.9 Å². The third-order valence-corrected chi connectivity index (χ3v) is 6.15. The van der Waals surface area contributed by atoms with Crippen LogP contribution in [0.1, 0.15) is 36.2 Å². The highest BCUT2D eigenvalue weighted by molar-refractivity contribution is 8.06. The summed E-state index contributed by atoms with van der Waals surface area (Å²) in [7, 11) is 0. The predicted octanol–water partition coefficient (Wildman–Crippen LogP) is 2.06. The van der Waals surface area contributed by atoms with Crippen molar-refractivity contribution >= 4 is 23.5 Å². The van der Waals surface area contributed by atoms with Gasteiger partial charge in [0.1, 0.15) is 0 Å². The van der Waals surface area contributed by atoms with Crippen LogP contribution in [0.2, 0.25) is 0 Å². The van der Waals surface area contributed by atoms with Crippen LogP contribution in [0, 0.1) is 0 Å². The zero-order chi connectivity index (χ0) is 11.7. The molecule has 1 aromatic rings. The van der Waals surface area contributed by atoms with E-state index in [2.05, 4.69) is 22.4 Å². The Morgan fingerprint density at radius 3 is 3.06 bits per heavy atom. The van der Waals surface area contributed by atoms with E-state index in [1.807, 2.05) is 23.5 Å². The van der Waals surface area contributed by atoms with Gasteiger partial charge in [0.25, 0.3) is 0 Å². The van der Waals surface area contributed by atoms with Crippen molar-refractivity contribution in [2.45, 2.75) is 30.6 Å². The van der Waals surface area contributed by atoms with Crippen molar-refractivity contribution in [1.29, 1.82) is 0 Å². The van der Waals surface area contributed by atoms with Gasteiger partial charge in [0, 0.05) is 23.3 Å². The minimum Gasteiger partial charge on any atom is -0.339 e. The monoisotopic (exact) mass is 271 g/mol. The molecule has 4 nitrogen and oxygen atoms in total. The normalized spacial score (nSPS) is 34.1. The summed E-state index contributed by atoms with van der Waals surface area (Å²) in [5.41, 5.74) is 0. The van der Waals surface area contributed by atoms with Crippen LogP contribution in [0.3, 0.4) is 0 Å². The molecule has 3 atom stereocenters. The van der Waals surface area contributed by atoms with E-state index in [-0.39, 0.29) is 0 Å². The van der Waals surface area contributed by atoms with Crippen LogP contribution in [0.25, 0.3) is 0 Å². The van der Waals surface area contributed by atoms with Crippen LogP contribution < -0.4 is 5.32 Å². The van der Waals surface area contributed by atoms with Crippen molar-refractivity contribution in [2.24, 2.45) is 0 Å². The first-order valence-corrected chi connectivity index (χ1v) is 8.31. The van der Waals surface area contributed by atoms with Crippen LogP contribution in [-0.2, 0) is 0 Å². The van der Waals surface area contributed by atoms with Crippen LogP contribution in [0.4, 0.5) is 0 Å². The summed E-state index contributed by atoms with van der Waals surface area (Å²) in [5, 5.41) is 8.02. The van der Waals surface area contributed by atoms with Gasteiger partial charge in [-0.25, -0.2) is 0 Å². The molecule has 6 heteroatoms. The van der Waals surface area contributed by atoms with Gasteiger partial charge in [0.15, 0.2) is 5.82 Å². The van der Waals surface area contributed by atoms with Gasteiger partial charge in [0.2, 0.25) is 5.89 Å². The Morgan fingerprint density at radius 2 is 2.35 bits per heavy atom. The maximum absolute atomic E-state index is 5.45. The molecule has 2 fully saturated rings. The molecule has 0 spiro atoms. The molecule has 17 heavy (non-hydrogen) atoms. The van der Waals surface area contributed by atoms with E-state index in [1.165, 1.54) is 11.5 Å². The standard InChI is InChI=1S/C11H17N3OS2/c1-7-8(2-3-12-7)11-13-10(14-15-11)9-6-16-4-5-17-9/h7-9,12H,2-6H2,1H3. The molecule has 1 N–H and O–H groups in total.